The Labute approximate surface area is 86.5 Å². The van der Waals surface area contributed by atoms with Crippen LogP contribution in [0.2, 0.25) is 0 Å². The maximum absolute atomic E-state index is 13.0. The van der Waals surface area contributed by atoms with Crippen molar-refractivity contribution in [3.63, 3.8) is 0 Å². The van der Waals surface area contributed by atoms with Crippen LogP contribution in [0.15, 0.2) is 18.2 Å². The lowest BCUT2D eigenvalue weighted by atomic mass is 9.96. The van der Waals surface area contributed by atoms with Crippen molar-refractivity contribution in [2.75, 3.05) is 5.32 Å². The summed E-state index contributed by atoms with van der Waals surface area (Å²) in [5.74, 6) is -0.881. The van der Waals surface area contributed by atoms with E-state index in [1.807, 2.05) is 6.07 Å². The molecular formula is C11H9FN2O. The SMILES string of the molecule is N#CCCC1C(=O)Nc2ccc(F)cc21. The minimum Gasteiger partial charge on any atom is -0.325 e. The number of nitrogens with zero attached hydrogens (tertiary/aromatic N) is 1. The van der Waals surface area contributed by atoms with Crippen molar-refractivity contribution < 1.29 is 9.18 Å². The van der Waals surface area contributed by atoms with E-state index in [-0.39, 0.29) is 17.6 Å². The number of anilines is 1. The molecule has 76 valence electrons. The highest BCUT2D eigenvalue weighted by Gasteiger charge is 2.30. The Morgan fingerprint density at radius 1 is 1.53 bits per heavy atom. The van der Waals surface area contributed by atoms with E-state index >= 15 is 0 Å². The third-order valence-corrected chi connectivity index (χ3v) is 2.51. The Hall–Kier alpha value is -1.89. The van der Waals surface area contributed by atoms with Crippen LogP contribution in [0.1, 0.15) is 24.3 Å². The van der Waals surface area contributed by atoms with Gasteiger partial charge < -0.3 is 5.32 Å². The predicted molar refractivity (Wildman–Crippen MR) is 52.6 cm³/mol. The summed E-state index contributed by atoms with van der Waals surface area (Å²) in [5.41, 5.74) is 1.32. The highest BCUT2D eigenvalue weighted by atomic mass is 19.1. The number of amides is 1. The Balaban J connectivity index is 2.32. The zero-order chi connectivity index (χ0) is 10.8. The molecule has 1 unspecified atom stereocenters. The van der Waals surface area contributed by atoms with Gasteiger partial charge in [0.25, 0.3) is 0 Å². The Kier molecular flexibility index (Phi) is 2.38. The second-order valence-corrected chi connectivity index (χ2v) is 3.47. The van der Waals surface area contributed by atoms with Crippen LogP contribution in [0, 0.1) is 17.1 Å². The molecule has 1 aromatic rings. The van der Waals surface area contributed by atoms with Crippen molar-refractivity contribution in [2.45, 2.75) is 18.8 Å². The fourth-order valence-corrected chi connectivity index (χ4v) is 1.79. The van der Waals surface area contributed by atoms with Crippen molar-refractivity contribution >= 4 is 11.6 Å². The van der Waals surface area contributed by atoms with Crippen LogP contribution >= 0.6 is 0 Å². The van der Waals surface area contributed by atoms with Crippen LogP contribution in [-0.2, 0) is 4.79 Å². The topological polar surface area (TPSA) is 52.9 Å². The summed E-state index contributed by atoms with van der Waals surface area (Å²) >= 11 is 0. The number of nitrogens with one attached hydrogen (secondary N) is 1. The van der Waals surface area contributed by atoms with Gasteiger partial charge in [0.1, 0.15) is 5.82 Å². The molecule has 4 heteroatoms. The second kappa shape index (κ2) is 3.70. The maximum Gasteiger partial charge on any atom is 0.232 e. The van der Waals surface area contributed by atoms with E-state index in [2.05, 4.69) is 5.32 Å². The van der Waals surface area contributed by atoms with Crippen LogP contribution in [0.5, 0.6) is 0 Å². The normalized spacial score (nSPS) is 18.1. The van der Waals surface area contributed by atoms with Crippen molar-refractivity contribution in [3.8, 4) is 6.07 Å². The highest BCUT2D eigenvalue weighted by Crippen LogP contribution is 2.35. The molecule has 0 aromatic heterocycles. The smallest absolute Gasteiger partial charge is 0.232 e. The third kappa shape index (κ3) is 1.68. The molecule has 15 heavy (non-hydrogen) atoms. The third-order valence-electron chi connectivity index (χ3n) is 2.51. The van der Waals surface area contributed by atoms with Gasteiger partial charge >= 0.3 is 0 Å². The number of benzene rings is 1. The maximum atomic E-state index is 13.0. The zero-order valence-electron chi connectivity index (χ0n) is 7.96. The molecule has 1 aliphatic rings. The molecule has 0 radical (unpaired) electrons. The fraction of sp³-hybridized carbons (Fsp3) is 0.273. The number of halogens is 1. The van der Waals surface area contributed by atoms with Gasteiger partial charge in [0, 0.05) is 12.1 Å². The first kappa shape index (κ1) is 9.66. The highest BCUT2D eigenvalue weighted by molar-refractivity contribution is 6.02. The molecule has 0 bridgehead atoms. The van der Waals surface area contributed by atoms with Crippen LogP contribution in [0.3, 0.4) is 0 Å². The molecule has 3 nitrogen and oxygen atoms in total. The average Bonchev–Trinajstić information content (AvgIpc) is 2.51. The molecule has 0 fully saturated rings. The first-order valence-corrected chi connectivity index (χ1v) is 4.69. The predicted octanol–water partition coefficient (Wildman–Crippen LogP) is 2.17. The minimum atomic E-state index is -0.379. The largest absolute Gasteiger partial charge is 0.325 e. The minimum absolute atomic E-state index is 0.147. The molecule has 0 aliphatic carbocycles. The van der Waals surface area contributed by atoms with Crippen LogP contribution < -0.4 is 5.32 Å². The standard InChI is InChI=1S/C11H9FN2O/c12-7-3-4-10-9(6-7)8(2-1-5-13)11(15)14-10/h3-4,6,8H,1-2H2,(H,14,15). The van der Waals surface area contributed by atoms with E-state index in [1.165, 1.54) is 12.1 Å². The van der Waals surface area contributed by atoms with Gasteiger partial charge in [-0.3, -0.25) is 4.79 Å². The molecule has 0 spiro atoms. The molecule has 1 N–H and O–H groups in total. The van der Waals surface area contributed by atoms with E-state index in [0.717, 1.165) is 0 Å². The number of hydrogen-bond acceptors (Lipinski definition) is 2. The Morgan fingerprint density at radius 3 is 3.07 bits per heavy atom. The monoisotopic (exact) mass is 204 g/mol. The molecule has 1 amide bonds. The summed E-state index contributed by atoms with van der Waals surface area (Å²) in [5, 5.41) is 11.1. The fourth-order valence-electron chi connectivity index (χ4n) is 1.79. The first-order valence-electron chi connectivity index (χ1n) is 4.69. The lowest BCUT2D eigenvalue weighted by molar-refractivity contribution is -0.117. The summed E-state index contributed by atoms with van der Waals surface area (Å²) in [6.07, 6.45) is 0.743. The summed E-state index contributed by atoms with van der Waals surface area (Å²) < 4.78 is 13.0. The van der Waals surface area contributed by atoms with E-state index in [0.29, 0.717) is 24.1 Å². The molecular weight excluding hydrogens is 195 g/mol. The van der Waals surface area contributed by atoms with Gasteiger partial charge in [0.05, 0.1) is 12.0 Å². The summed E-state index contributed by atoms with van der Waals surface area (Å²) in [6, 6.07) is 6.21. The zero-order valence-corrected chi connectivity index (χ0v) is 7.96. The molecule has 2 rings (SSSR count). The van der Waals surface area contributed by atoms with E-state index < -0.39 is 0 Å². The van der Waals surface area contributed by atoms with Gasteiger partial charge in [-0.2, -0.15) is 5.26 Å². The Morgan fingerprint density at radius 2 is 2.33 bits per heavy atom. The quantitative estimate of drug-likeness (QED) is 0.802. The molecule has 0 saturated carbocycles. The van der Waals surface area contributed by atoms with Gasteiger partial charge in [-0.15, -0.1) is 0 Å². The number of fused-ring (bicyclic) bond motifs is 1. The van der Waals surface area contributed by atoms with Gasteiger partial charge in [-0.25, -0.2) is 4.39 Å². The molecule has 1 heterocycles. The molecule has 1 aliphatic heterocycles. The van der Waals surface area contributed by atoms with Crippen molar-refractivity contribution in [1.82, 2.24) is 0 Å². The number of rotatable bonds is 2. The van der Waals surface area contributed by atoms with Gasteiger partial charge in [-0.05, 0) is 30.2 Å². The summed E-state index contributed by atoms with van der Waals surface area (Å²) in [7, 11) is 0. The first-order chi connectivity index (χ1) is 7.22. The number of nitriles is 1. The van der Waals surface area contributed by atoms with E-state index in [4.69, 9.17) is 5.26 Å². The van der Waals surface area contributed by atoms with E-state index in [9.17, 15) is 9.18 Å². The molecule has 0 saturated heterocycles. The van der Waals surface area contributed by atoms with Gasteiger partial charge in [0.2, 0.25) is 5.91 Å². The Bertz CT molecular complexity index is 450. The lowest BCUT2D eigenvalue weighted by Gasteiger charge is -2.05. The van der Waals surface area contributed by atoms with Crippen molar-refractivity contribution in [3.05, 3.63) is 29.6 Å². The summed E-state index contributed by atoms with van der Waals surface area (Å²) in [6.45, 7) is 0. The number of carbonyl (C=O) groups excluding carboxylic acids is 1. The van der Waals surface area contributed by atoms with Crippen LogP contribution in [-0.4, -0.2) is 5.91 Å². The molecule has 1 aromatic carbocycles. The van der Waals surface area contributed by atoms with Crippen LogP contribution in [0.25, 0.3) is 0 Å². The summed E-state index contributed by atoms with van der Waals surface area (Å²) in [4.78, 5) is 11.5. The number of hydrogen-bond donors (Lipinski definition) is 1. The second-order valence-electron chi connectivity index (χ2n) is 3.47. The van der Waals surface area contributed by atoms with Crippen molar-refractivity contribution in [1.29, 1.82) is 5.26 Å². The van der Waals surface area contributed by atoms with E-state index in [1.54, 1.807) is 6.07 Å². The lowest BCUT2D eigenvalue weighted by Crippen LogP contribution is -2.11. The van der Waals surface area contributed by atoms with Gasteiger partial charge in [0.15, 0.2) is 0 Å². The molecule has 1 atom stereocenters. The van der Waals surface area contributed by atoms with Crippen molar-refractivity contribution in [2.24, 2.45) is 0 Å². The van der Waals surface area contributed by atoms with Gasteiger partial charge in [-0.1, -0.05) is 0 Å². The van der Waals surface area contributed by atoms with Crippen LogP contribution in [0.4, 0.5) is 10.1 Å². The number of carbonyl (C=O) groups is 1. The average molecular weight is 204 g/mol.